The predicted octanol–water partition coefficient (Wildman–Crippen LogP) is 2.68. The Morgan fingerprint density at radius 3 is 2.94 bits per heavy atom. The van der Waals surface area contributed by atoms with E-state index in [-0.39, 0.29) is 12.0 Å². The third kappa shape index (κ3) is 2.97. The summed E-state index contributed by atoms with van der Waals surface area (Å²) in [6.07, 6.45) is 2.69. The smallest absolute Gasteiger partial charge is 0.122 e. The van der Waals surface area contributed by atoms with Crippen LogP contribution in [0.2, 0.25) is 5.02 Å². The third-order valence-electron chi connectivity index (χ3n) is 3.55. The Hall–Kier alpha value is -0.770. The molecule has 2 rings (SSSR count). The maximum atomic E-state index is 9.68. The van der Waals surface area contributed by atoms with Gasteiger partial charge in [-0.05, 0) is 43.0 Å². The zero-order valence-electron chi connectivity index (χ0n) is 10.6. The molecular formula is C14H19ClO3. The number of aliphatic hydroxyl groups is 1. The number of rotatable bonds is 4. The Bertz CT molecular complexity index is 400. The van der Waals surface area contributed by atoms with Crippen molar-refractivity contribution in [2.24, 2.45) is 5.41 Å². The molecule has 1 aliphatic rings. The van der Waals surface area contributed by atoms with Gasteiger partial charge in [-0.3, -0.25) is 0 Å². The van der Waals surface area contributed by atoms with E-state index in [2.05, 4.69) is 0 Å². The van der Waals surface area contributed by atoms with Crippen molar-refractivity contribution in [1.82, 2.24) is 0 Å². The van der Waals surface area contributed by atoms with Gasteiger partial charge in [-0.15, -0.1) is 0 Å². The van der Waals surface area contributed by atoms with E-state index in [1.54, 1.807) is 7.11 Å². The quantitative estimate of drug-likeness (QED) is 0.914. The van der Waals surface area contributed by atoms with Gasteiger partial charge >= 0.3 is 0 Å². The van der Waals surface area contributed by atoms with Crippen LogP contribution in [0, 0.1) is 5.41 Å². The second kappa shape index (κ2) is 5.91. The zero-order chi connectivity index (χ0) is 13.0. The minimum absolute atomic E-state index is 0.128. The van der Waals surface area contributed by atoms with Crippen LogP contribution < -0.4 is 4.74 Å². The molecule has 1 saturated heterocycles. The topological polar surface area (TPSA) is 38.7 Å². The van der Waals surface area contributed by atoms with Gasteiger partial charge in [-0.25, -0.2) is 0 Å². The lowest BCUT2D eigenvalue weighted by Crippen LogP contribution is -2.37. The normalized spacial score (nSPS) is 23.9. The van der Waals surface area contributed by atoms with Crippen LogP contribution in [-0.4, -0.2) is 32.0 Å². The summed E-state index contributed by atoms with van der Waals surface area (Å²) < 4.78 is 10.9. The summed E-state index contributed by atoms with van der Waals surface area (Å²) in [7, 11) is 1.65. The zero-order valence-corrected chi connectivity index (χ0v) is 11.4. The number of methoxy groups -OCH3 is 1. The molecule has 1 atom stereocenters. The Labute approximate surface area is 113 Å². The average molecular weight is 271 g/mol. The van der Waals surface area contributed by atoms with E-state index in [1.165, 1.54) is 0 Å². The van der Waals surface area contributed by atoms with Crippen molar-refractivity contribution in [2.75, 3.05) is 26.9 Å². The van der Waals surface area contributed by atoms with E-state index in [0.717, 1.165) is 37.2 Å². The Kier molecular flexibility index (Phi) is 4.49. The summed E-state index contributed by atoms with van der Waals surface area (Å²) in [5.74, 6) is 0.817. The summed E-state index contributed by atoms with van der Waals surface area (Å²) in [6, 6.07) is 5.59. The van der Waals surface area contributed by atoms with Crippen LogP contribution in [-0.2, 0) is 11.2 Å². The molecule has 18 heavy (non-hydrogen) atoms. The number of halogens is 1. The van der Waals surface area contributed by atoms with E-state index >= 15 is 0 Å². The van der Waals surface area contributed by atoms with E-state index in [9.17, 15) is 5.11 Å². The number of benzene rings is 1. The fourth-order valence-electron chi connectivity index (χ4n) is 2.52. The Morgan fingerprint density at radius 2 is 2.33 bits per heavy atom. The fraction of sp³-hybridized carbons (Fsp3) is 0.571. The summed E-state index contributed by atoms with van der Waals surface area (Å²) in [5.41, 5.74) is 0.834. The van der Waals surface area contributed by atoms with Gasteiger partial charge in [0.15, 0.2) is 0 Å². The first-order valence-electron chi connectivity index (χ1n) is 6.20. The highest BCUT2D eigenvalue weighted by Crippen LogP contribution is 2.35. The molecule has 0 aliphatic carbocycles. The summed E-state index contributed by atoms with van der Waals surface area (Å²) >= 11 is 6.03. The van der Waals surface area contributed by atoms with Crippen LogP contribution in [0.1, 0.15) is 18.4 Å². The molecule has 0 amide bonds. The van der Waals surface area contributed by atoms with Crippen molar-refractivity contribution < 1.29 is 14.6 Å². The largest absolute Gasteiger partial charge is 0.496 e. The predicted molar refractivity (Wildman–Crippen MR) is 71.3 cm³/mol. The highest BCUT2D eigenvalue weighted by Gasteiger charge is 2.33. The molecule has 1 aromatic carbocycles. The fourth-order valence-corrected chi connectivity index (χ4v) is 2.71. The second-order valence-electron chi connectivity index (χ2n) is 4.95. The van der Waals surface area contributed by atoms with Crippen LogP contribution in [0.15, 0.2) is 18.2 Å². The van der Waals surface area contributed by atoms with E-state index < -0.39 is 0 Å². The van der Waals surface area contributed by atoms with E-state index in [0.29, 0.717) is 11.6 Å². The van der Waals surface area contributed by atoms with Crippen LogP contribution in [0.25, 0.3) is 0 Å². The van der Waals surface area contributed by atoms with Gasteiger partial charge in [-0.1, -0.05) is 11.6 Å². The summed E-state index contributed by atoms with van der Waals surface area (Å²) in [6.45, 7) is 1.51. The molecule has 0 bridgehead atoms. The lowest BCUT2D eigenvalue weighted by molar-refractivity contribution is -0.0381. The molecule has 1 unspecified atom stereocenters. The molecule has 3 nitrogen and oxygen atoms in total. The molecule has 4 heteroatoms. The number of hydrogen-bond donors (Lipinski definition) is 1. The molecule has 1 fully saturated rings. The monoisotopic (exact) mass is 270 g/mol. The van der Waals surface area contributed by atoms with Crippen molar-refractivity contribution in [2.45, 2.75) is 19.3 Å². The molecule has 100 valence electrons. The molecule has 0 aromatic heterocycles. The van der Waals surface area contributed by atoms with E-state index in [1.807, 2.05) is 18.2 Å². The first-order valence-corrected chi connectivity index (χ1v) is 6.58. The van der Waals surface area contributed by atoms with Crippen molar-refractivity contribution in [3.05, 3.63) is 28.8 Å². The van der Waals surface area contributed by atoms with Gasteiger partial charge < -0.3 is 14.6 Å². The minimum Gasteiger partial charge on any atom is -0.496 e. The maximum absolute atomic E-state index is 9.68. The van der Waals surface area contributed by atoms with Gasteiger partial charge in [0.2, 0.25) is 0 Å². The molecule has 0 radical (unpaired) electrons. The van der Waals surface area contributed by atoms with Gasteiger partial charge in [0, 0.05) is 17.0 Å². The standard InChI is InChI=1S/C14H19ClO3/c1-17-13-4-3-12(15)7-11(13)8-14(9-16)5-2-6-18-10-14/h3-4,7,16H,2,5-6,8-10H2,1H3. The number of aliphatic hydroxyl groups excluding tert-OH is 1. The second-order valence-corrected chi connectivity index (χ2v) is 5.38. The van der Waals surface area contributed by atoms with Gasteiger partial charge in [0.25, 0.3) is 0 Å². The molecule has 1 aliphatic heterocycles. The molecule has 1 aromatic rings. The number of ether oxygens (including phenoxy) is 2. The highest BCUT2D eigenvalue weighted by atomic mass is 35.5. The van der Waals surface area contributed by atoms with Crippen molar-refractivity contribution in [3.8, 4) is 5.75 Å². The SMILES string of the molecule is COc1ccc(Cl)cc1CC1(CO)CCCOC1. The summed E-state index contributed by atoms with van der Waals surface area (Å²) in [5, 5.41) is 10.4. The molecule has 0 spiro atoms. The highest BCUT2D eigenvalue weighted by molar-refractivity contribution is 6.30. The van der Waals surface area contributed by atoms with Crippen LogP contribution in [0.3, 0.4) is 0 Å². The van der Waals surface area contributed by atoms with Gasteiger partial charge in [-0.2, -0.15) is 0 Å². The molecular weight excluding hydrogens is 252 g/mol. The Morgan fingerprint density at radius 1 is 1.50 bits per heavy atom. The van der Waals surface area contributed by atoms with E-state index in [4.69, 9.17) is 21.1 Å². The van der Waals surface area contributed by atoms with Crippen LogP contribution >= 0.6 is 11.6 Å². The van der Waals surface area contributed by atoms with Crippen molar-refractivity contribution in [3.63, 3.8) is 0 Å². The molecule has 1 heterocycles. The maximum Gasteiger partial charge on any atom is 0.122 e. The first kappa shape index (κ1) is 13.7. The first-order chi connectivity index (χ1) is 8.69. The Balaban J connectivity index is 2.23. The van der Waals surface area contributed by atoms with Gasteiger partial charge in [0.05, 0.1) is 20.3 Å². The van der Waals surface area contributed by atoms with Gasteiger partial charge in [0.1, 0.15) is 5.75 Å². The minimum atomic E-state index is -0.198. The van der Waals surface area contributed by atoms with Crippen LogP contribution in [0.5, 0.6) is 5.75 Å². The van der Waals surface area contributed by atoms with Crippen LogP contribution in [0.4, 0.5) is 0 Å². The van der Waals surface area contributed by atoms with Crippen molar-refractivity contribution in [1.29, 1.82) is 0 Å². The number of hydrogen-bond acceptors (Lipinski definition) is 3. The third-order valence-corrected chi connectivity index (χ3v) is 3.78. The lowest BCUT2D eigenvalue weighted by Gasteiger charge is -2.35. The lowest BCUT2D eigenvalue weighted by atomic mass is 9.78. The van der Waals surface area contributed by atoms with Crippen molar-refractivity contribution >= 4 is 11.6 Å². The molecule has 1 N–H and O–H groups in total. The molecule has 0 saturated carbocycles. The summed E-state index contributed by atoms with van der Waals surface area (Å²) in [4.78, 5) is 0. The average Bonchev–Trinajstić information content (AvgIpc) is 2.40.